The van der Waals surface area contributed by atoms with Gasteiger partial charge in [0.15, 0.2) is 0 Å². The lowest BCUT2D eigenvalue weighted by atomic mass is 10.2. The van der Waals surface area contributed by atoms with Crippen LogP contribution in [0.5, 0.6) is 0 Å². The second-order valence-electron chi connectivity index (χ2n) is 10.1. The molecular formula is C31H43N5O2S. The summed E-state index contributed by atoms with van der Waals surface area (Å²) >= 11 is 0. The van der Waals surface area contributed by atoms with Gasteiger partial charge >= 0.3 is 0 Å². The number of sulfonamides is 1. The van der Waals surface area contributed by atoms with Gasteiger partial charge in [-0.1, -0.05) is 72.8 Å². The first-order chi connectivity index (χ1) is 19.1. The summed E-state index contributed by atoms with van der Waals surface area (Å²) in [6.07, 6.45) is 2.21. The Bertz CT molecular complexity index is 1140. The van der Waals surface area contributed by atoms with E-state index in [9.17, 15) is 8.42 Å². The van der Waals surface area contributed by atoms with E-state index in [2.05, 4.69) is 20.9 Å². The predicted molar refractivity (Wildman–Crippen MR) is 159 cm³/mol. The lowest BCUT2D eigenvalue weighted by Crippen LogP contribution is -2.36. The summed E-state index contributed by atoms with van der Waals surface area (Å²) in [6, 6.07) is 27.0. The van der Waals surface area contributed by atoms with Crippen LogP contribution in [0.1, 0.15) is 29.5 Å². The zero-order chi connectivity index (χ0) is 27.2. The van der Waals surface area contributed by atoms with Crippen molar-refractivity contribution in [3.05, 3.63) is 102 Å². The van der Waals surface area contributed by atoms with Crippen molar-refractivity contribution in [2.24, 2.45) is 0 Å². The Morgan fingerprint density at radius 3 is 1.72 bits per heavy atom. The van der Waals surface area contributed by atoms with Crippen LogP contribution in [0.25, 0.3) is 0 Å². The molecule has 39 heavy (non-hydrogen) atoms. The van der Waals surface area contributed by atoms with Crippen LogP contribution >= 0.6 is 0 Å². The van der Waals surface area contributed by atoms with E-state index in [1.165, 1.54) is 0 Å². The normalized spacial score (nSPS) is 17.1. The molecule has 7 nitrogen and oxygen atoms in total. The van der Waals surface area contributed by atoms with Gasteiger partial charge in [-0.2, -0.15) is 4.31 Å². The summed E-state index contributed by atoms with van der Waals surface area (Å²) in [5, 5.41) is 10.5. The number of hydrogen-bond donors (Lipinski definition) is 3. The van der Waals surface area contributed by atoms with Gasteiger partial charge < -0.3 is 16.0 Å². The molecule has 0 saturated carbocycles. The van der Waals surface area contributed by atoms with Crippen LogP contribution in [0.2, 0.25) is 0 Å². The van der Waals surface area contributed by atoms with E-state index < -0.39 is 10.0 Å². The molecule has 0 amide bonds. The molecule has 1 fully saturated rings. The molecule has 1 saturated heterocycles. The van der Waals surface area contributed by atoms with Crippen molar-refractivity contribution >= 4 is 10.0 Å². The first-order valence-electron chi connectivity index (χ1n) is 14.1. The van der Waals surface area contributed by atoms with Crippen molar-refractivity contribution in [2.75, 3.05) is 52.4 Å². The van der Waals surface area contributed by atoms with E-state index in [0.717, 1.165) is 88.4 Å². The SMILES string of the molecule is O=S(=O)(c1ccc(CN2CCCNCCNCCCNCC2)cc1)N(Cc1ccccc1)Cc1ccccc1. The molecule has 0 spiro atoms. The van der Waals surface area contributed by atoms with Gasteiger partial charge in [-0.25, -0.2) is 8.42 Å². The van der Waals surface area contributed by atoms with E-state index in [-0.39, 0.29) is 0 Å². The van der Waals surface area contributed by atoms with Crippen molar-refractivity contribution in [1.82, 2.24) is 25.2 Å². The largest absolute Gasteiger partial charge is 0.315 e. The molecule has 0 aliphatic carbocycles. The lowest BCUT2D eigenvalue weighted by molar-refractivity contribution is 0.260. The average Bonchev–Trinajstić information content (AvgIpc) is 2.96. The highest BCUT2D eigenvalue weighted by Crippen LogP contribution is 2.22. The van der Waals surface area contributed by atoms with Gasteiger partial charge in [-0.05, 0) is 67.8 Å². The molecule has 0 atom stereocenters. The summed E-state index contributed by atoms with van der Waals surface area (Å²) in [5.41, 5.74) is 3.06. The molecule has 3 aromatic rings. The van der Waals surface area contributed by atoms with E-state index in [1.54, 1.807) is 16.4 Å². The highest BCUT2D eigenvalue weighted by Gasteiger charge is 2.25. The van der Waals surface area contributed by atoms with Crippen LogP contribution in [0.4, 0.5) is 0 Å². The molecule has 0 radical (unpaired) electrons. The third-order valence-corrected chi connectivity index (χ3v) is 8.80. The van der Waals surface area contributed by atoms with Crippen molar-refractivity contribution in [3.63, 3.8) is 0 Å². The maximum atomic E-state index is 13.8. The van der Waals surface area contributed by atoms with Crippen molar-refractivity contribution in [3.8, 4) is 0 Å². The molecule has 4 rings (SSSR count). The first kappa shape index (κ1) is 29.4. The van der Waals surface area contributed by atoms with Gasteiger partial charge in [-0.15, -0.1) is 0 Å². The van der Waals surface area contributed by atoms with Crippen LogP contribution in [0.3, 0.4) is 0 Å². The number of benzene rings is 3. The minimum Gasteiger partial charge on any atom is -0.315 e. The molecule has 1 aliphatic heterocycles. The molecule has 1 aliphatic rings. The number of nitrogens with one attached hydrogen (secondary N) is 3. The summed E-state index contributed by atoms with van der Waals surface area (Å²) in [6.45, 7) is 9.44. The molecule has 3 aromatic carbocycles. The van der Waals surface area contributed by atoms with Gasteiger partial charge in [-0.3, -0.25) is 4.90 Å². The van der Waals surface area contributed by atoms with Gasteiger partial charge in [0.25, 0.3) is 0 Å². The minimum absolute atomic E-state index is 0.324. The van der Waals surface area contributed by atoms with Crippen molar-refractivity contribution in [1.29, 1.82) is 0 Å². The smallest absolute Gasteiger partial charge is 0.243 e. The third-order valence-electron chi connectivity index (χ3n) is 6.99. The Hall–Kier alpha value is -2.59. The van der Waals surface area contributed by atoms with Crippen LogP contribution in [-0.4, -0.2) is 70.0 Å². The zero-order valence-electron chi connectivity index (χ0n) is 22.9. The highest BCUT2D eigenvalue weighted by molar-refractivity contribution is 7.89. The van der Waals surface area contributed by atoms with Gasteiger partial charge in [0.1, 0.15) is 0 Å². The van der Waals surface area contributed by atoms with Crippen molar-refractivity contribution < 1.29 is 8.42 Å². The maximum absolute atomic E-state index is 13.8. The van der Waals surface area contributed by atoms with E-state index in [0.29, 0.717) is 18.0 Å². The molecule has 0 unspecified atom stereocenters. The fourth-order valence-corrected chi connectivity index (χ4v) is 6.22. The standard InChI is InChI=1S/C31H43N5O2S/c37-39(38,36(26-28-9-3-1-4-10-28)27-29-11-5-2-6-12-29)31-15-13-30(14-16-31)25-35-23-8-19-33-21-20-32-17-7-18-34-22-24-35/h1-6,9-16,32-34H,7-8,17-27H2. The third kappa shape index (κ3) is 9.83. The topological polar surface area (TPSA) is 76.7 Å². The predicted octanol–water partition coefficient (Wildman–Crippen LogP) is 3.44. The average molecular weight is 550 g/mol. The quantitative estimate of drug-likeness (QED) is 0.400. The fraction of sp³-hybridized carbons (Fsp3) is 0.419. The maximum Gasteiger partial charge on any atom is 0.243 e. The molecule has 1 heterocycles. The molecule has 0 bridgehead atoms. The summed E-state index contributed by atoms with van der Waals surface area (Å²) in [4.78, 5) is 2.79. The Labute approximate surface area is 234 Å². The minimum atomic E-state index is -3.68. The second kappa shape index (κ2) is 15.9. The van der Waals surface area contributed by atoms with Gasteiger partial charge in [0.05, 0.1) is 4.90 Å². The lowest BCUT2D eigenvalue weighted by Gasteiger charge is -2.24. The number of rotatable bonds is 8. The number of nitrogens with zero attached hydrogens (tertiary/aromatic N) is 2. The van der Waals surface area contributed by atoms with Gasteiger partial charge in [0.2, 0.25) is 10.0 Å². The molecule has 0 aromatic heterocycles. The van der Waals surface area contributed by atoms with Crippen molar-refractivity contribution in [2.45, 2.75) is 37.4 Å². The molecule has 3 N–H and O–H groups in total. The monoisotopic (exact) mass is 549 g/mol. The molecular weight excluding hydrogens is 506 g/mol. The Morgan fingerprint density at radius 2 is 1.13 bits per heavy atom. The van der Waals surface area contributed by atoms with Gasteiger partial charge in [0, 0.05) is 45.8 Å². The van der Waals surface area contributed by atoms with E-state index in [4.69, 9.17) is 0 Å². The van der Waals surface area contributed by atoms with Crippen LogP contribution in [0.15, 0.2) is 89.8 Å². The number of hydrogen-bond acceptors (Lipinski definition) is 6. The van der Waals surface area contributed by atoms with Crippen LogP contribution < -0.4 is 16.0 Å². The molecule has 210 valence electrons. The summed E-state index contributed by atoms with van der Waals surface area (Å²) in [7, 11) is -3.68. The second-order valence-corrected chi connectivity index (χ2v) is 12.1. The van der Waals surface area contributed by atoms with Crippen LogP contribution in [-0.2, 0) is 29.7 Å². The Morgan fingerprint density at radius 1 is 0.590 bits per heavy atom. The Kier molecular flexibility index (Phi) is 12.0. The first-order valence-corrected chi connectivity index (χ1v) is 15.6. The highest BCUT2D eigenvalue weighted by atomic mass is 32.2. The van der Waals surface area contributed by atoms with E-state index >= 15 is 0 Å². The summed E-state index contributed by atoms with van der Waals surface area (Å²) in [5.74, 6) is 0. The summed E-state index contributed by atoms with van der Waals surface area (Å²) < 4.78 is 29.2. The van der Waals surface area contributed by atoms with Crippen LogP contribution in [0, 0.1) is 0 Å². The Balaban J connectivity index is 1.44. The molecule has 8 heteroatoms. The fourth-order valence-electron chi connectivity index (χ4n) is 4.80. The van der Waals surface area contributed by atoms with E-state index in [1.807, 2.05) is 72.8 Å². The zero-order valence-corrected chi connectivity index (χ0v) is 23.7.